The van der Waals surface area contributed by atoms with Crippen LogP contribution >= 0.6 is 11.6 Å². The summed E-state index contributed by atoms with van der Waals surface area (Å²) in [5.41, 5.74) is 2.34. The Morgan fingerprint density at radius 1 is 1.20 bits per heavy atom. The molecule has 0 saturated carbocycles. The first-order valence-electron chi connectivity index (χ1n) is 11.3. The maximum absolute atomic E-state index is 10.3. The number of rotatable bonds is 8. The van der Waals surface area contributed by atoms with Gasteiger partial charge < -0.3 is 28.6 Å². The molecule has 0 radical (unpaired) electrons. The number of halogens is 1. The molecular weight excluding hydrogens is 472 g/mol. The molecule has 3 atom stereocenters. The highest BCUT2D eigenvalue weighted by Crippen LogP contribution is 2.36. The zero-order valence-electron chi connectivity index (χ0n) is 19.7. The van der Waals surface area contributed by atoms with E-state index in [1.807, 2.05) is 47.2 Å². The van der Waals surface area contributed by atoms with E-state index in [1.165, 1.54) is 6.33 Å². The molecule has 2 unspecified atom stereocenters. The predicted octanol–water partition coefficient (Wildman–Crippen LogP) is 4.26. The molecule has 4 heterocycles. The van der Waals surface area contributed by atoms with Crippen LogP contribution in [0.4, 0.5) is 0 Å². The number of aromatic nitrogens is 4. The van der Waals surface area contributed by atoms with Gasteiger partial charge in [0.25, 0.3) is 0 Å². The van der Waals surface area contributed by atoms with Crippen LogP contribution in [0.5, 0.6) is 5.75 Å². The van der Waals surface area contributed by atoms with Gasteiger partial charge in [0.05, 0.1) is 29.3 Å². The third-order valence-corrected chi connectivity index (χ3v) is 6.12. The van der Waals surface area contributed by atoms with E-state index in [0.717, 1.165) is 22.0 Å². The van der Waals surface area contributed by atoms with Crippen molar-refractivity contribution in [3.63, 3.8) is 0 Å². The zero-order valence-corrected chi connectivity index (χ0v) is 20.5. The van der Waals surface area contributed by atoms with Crippen LogP contribution in [0.25, 0.3) is 21.9 Å². The quantitative estimate of drug-likeness (QED) is 0.284. The molecule has 0 spiro atoms. The summed E-state index contributed by atoms with van der Waals surface area (Å²) in [6.07, 6.45) is 2.60. The Morgan fingerprint density at radius 3 is 2.83 bits per heavy atom. The van der Waals surface area contributed by atoms with Crippen molar-refractivity contribution in [3.05, 3.63) is 59.8 Å². The Bertz CT molecular complexity index is 1340. The van der Waals surface area contributed by atoms with E-state index in [4.69, 9.17) is 30.5 Å². The van der Waals surface area contributed by atoms with Crippen molar-refractivity contribution in [2.75, 3.05) is 13.7 Å². The molecule has 1 aliphatic heterocycles. The lowest BCUT2D eigenvalue weighted by molar-refractivity contribution is -0.216. The SMILES string of the molecule is COCc1ccc2ccc(OCC3OC(n4ccc5c(Cl)ncnc54)C[C@@H]3OC(C)(C)O)cc2n1. The highest BCUT2D eigenvalue weighted by Gasteiger charge is 2.40. The average Bonchev–Trinajstić information content (AvgIpc) is 3.41. The summed E-state index contributed by atoms with van der Waals surface area (Å²) in [6, 6.07) is 11.6. The topological polar surface area (TPSA) is 101 Å². The number of methoxy groups -OCH3 is 1. The summed E-state index contributed by atoms with van der Waals surface area (Å²) >= 11 is 6.21. The Labute approximate surface area is 207 Å². The molecule has 1 N–H and O–H groups in total. The smallest absolute Gasteiger partial charge is 0.160 e. The molecule has 0 aliphatic carbocycles. The third kappa shape index (κ3) is 5.24. The minimum absolute atomic E-state index is 0.232. The van der Waals surface area contributed by atoms with Crippen LogP contribution in [-0.2, 0) is 20.8 Å². The van der Waals surface area contributed by atoms with Crippen molar-refractivity contribution < 1.29 is 24.1 Å². The van der Waals surface area contributed by atoms with Crippen LogP contribution in [0.15, 0.2) is 48.9 Å². The molecule has 3 aromatic heterocycles. The first kappa shape index (κ1) is 23.9. The van der Waals surface area contributed by atoms with Gasteiger partial charge in [-0.2, -0.15) is 0 Å². The van der Waals surface area contributed by atoms with Crippen molar-refractivity contribution in [3.8, 4) is 5.75 Å². The second-order valence-corrected chi connectivity index (χ2v) is 9.35. The first-order chi connectivity index (χ1) is 16.8. The van der Waals surface area contributed by atoms with Gasteiger partial charge in [-0.05, 0) is 38.1 Å². The summed E-state index contributed by atoms with van der Waals surface area (Å²) in [5.74, 6) is -0.657. The summed E-state index contributed by atoms with van der Waals surface area (Å²) in [4.78, 5) is 13.0. The van der Waals surface area contributed by atoms with Gasteiger partial charge in [0.15, 0.2) is 5.79 Å². The highest BCUT2D eigenvalue weighted by molar-refractivity contribution is 6.33. The average molecular weight is 499 g/mol. The Kier molecular flexibility index (Phi) is 6.61. The molecule has 0 bridgehead atoms. The monoisotopic (exact) mass is 498 g/mol. The number of hydrogen-bond acceptors (Lipinski definition) is 8. The van der Waals surface area contributed by atoms with Gasteiger partial charge in [0.2, 0.25) is 0 Å². The predicted molar refractivity (Wildman–Crippen MR) is 130 cm³/mol. The molecule has 5 rings (SSSR count). The lowest BCUT2D eigenvalue weighted by Crippen LogP contribution is -2.37. The summed E-state index contributed by atoms with van der Waals surface area (Å²) in [7, 11) is 1.64. The Balaban J connectivity index is 1.35. The van der Waals surface area contributed by atoms with Crippen LogP contribution in [0.3, 0.4) is 0 Å². The summed E-state index contributed by atoms with van der Waals surface area (Å²) in [6.45, 7) is 3.87. The fraction of sp³-hybridized carbons (Fsp3) is 0.400. The van der Waals surface area contributed by atoms with E-state index in [1.54, 1.807) is 21.0 Å². The van der Waals surface area contributed by atoms with E-state index >= 15 is 0 Å². The van der Waals surface area contributed by atoms with Crippen molar-refractivity contribution in [2.45, 2.75) is 51.1 Å². The minimum Gasteiger partial charge on any atom is -0.491 e. The van der Waals surface area contributed by atoms with Gasteiger partial charge in [0, 0.05) is 31.2 Å². The van der Waals surface area contributed by atoms with Gasteiger partial charge in [-0.3, -0.25) is 4.98 Å². The number of ether oxygens (including phenoxy) is 4. The molecule has 10 heteroatoms. The molecule has 9 nitrogen and oxygen atoms in total. The second-order valence-electron chi connectivity index (χ2n) is 8.99. The van der Waals surface area contributed by atoms with Crippen molar-refractivity contribution in [2.24, 2.45) is 0 Å². The van der Waals surface area contributed by atoms with E-state index in [0.29, 0.717) is 29.6 Å². The Morgan fingerprint density at radius 2 is 2.03 bits per heavy atom. The lowest BCUT2D eigenvalue weighted by Gasteiger charge is -2.26. The van der Waals surface area contributed by atoms with Crippen LogP contribution in [-0.4, -0.2) is 56.3 Å². The van der Waals surface area contributed by atoms with E-state index in [9.17, 15) is 5.11 Å². The molecule has 1 aromatic carbocycles. The Hall–Kier alpha value is -2.82. The first-order valence-corrected chi connectivity index (χ1v) is 11.7. The molecule has 1 saturated heterocycles. The fourth-order valence-corrected chi connectivity index (χ4v) is 4.51. The van der Waals surface area contributed by atoms with Crippen LogP contribution in [0, 0.1) is 0 Å². The second kappa shape index (κ2) is 9.67. The molecular formula is C25H27ClN4O5. The van der Waals surface area contributed by atoms with Crippen molar-refractivity contribution in [1.29, 1.82) is 0 Å². The third-order valence-electron chi connectivity index (χ3n) is 5.82. The van der Waals surface area contributed by atoms with Gasteiger partial charge >= 0.3 is 0 Å². The van der Waals surface area contributed by atoms with Gasteiger partial charge in [-0.15, -0.1) is 0 Å². The molecule has 35 heavy (non-hydrogen) atoms. The maximum Gasteiger partial charge on any atom is 0.160 e. The van der Waals surface area contributed by atoms with Crippen molar-refractivity contribution in [1.82, 2.24) is 19.5 Å². The number of nitrogens with zero attached hydrogens (tertiary/aromatic N) is 4. The lowest BCUT2D eigenvalue weighted by atomic mass is 10.1. The standard InChI is InChI=1S/C25H27ClN4O5/c1-25(2,31)35-20-11-22(30-9-8-18-23(26)27-14-28-24(18)30)34-21(20)13-33-17-7-5-15-4-6-16(12-32-3)29-19(15)10-17/h4-10,14,20-22,31H,11-13H2,1-3H3/t20-,21?,22?/m0/s1. The molecule has 1 aliphatic rings. The van der Waals surface area contributed by atoms with E-state index in [2.05, 4.69) is 15.0 Å². The summed E-state index contributed by atoms with van der Waals surface area (Å²) in [5, 5.41) is 12.5. The number of hydrogen-bond donors (Lipinski definition) is 1. The fourth-order valence-electron chi connectivity index (χ4n) is 4.32. The van der Waals surface area contributed by atoms with Gasteiger partial charge in [-0.25, -0.2) is 9.97 Å². The van der Waals surface area contributed by atoms with Crippen LogP contribution in [0.2, 0.25) is 5.15 Å². The largest absolute Gasteiger partial charge is 0.491 e. The van der Waals surface area contributed by atoms with Crippen LogP contribution in [0.1, 0.15) is 32.2 Å². The van der Waals surface area contributed by atoms with Gasteiger partial charge in [-0.1, -0.05) is 17.7 Å². The molecule has 184 valence electrons. The number of fused-ring (bicyclic) bond motifs is 2. The maximum atomic E-state index is 10.3. The van der Waals surface area contributed by atoms with E-state index < -0.39 is 18.0 Å². The molecule has 1 fully saturated rings. The summed E-state index contributed by atoms with van der Waals surface area (Å²) < 4.78 is 25.5. The van der Waals surface area contributed by atoms with E-state index in [-0.39, 0.29) is 12.8 Å². The normalized spacial score (nSPS) is 20.7. The molecule has 4 aromatic rings. The minimum atomic E-state index is -1.32. The van der Waals surface area contributed by atoms with Crippen LogP contribution < -0.4 is 4.74 Å². The van der Waals surface area contributed by atoms with Gasteiger partial charge in [0.1, 0.15) is 41.8 Å². The number of benzene rings is 1. The van der Waals surface area contributed by atoms with Crippen molar-refractivity contribution >= 4 is 33.5 Å². The molecule has 0 amide bonds. The highest BCUT2D eigenvalue weighted by atomic mass is 35.5. The zero-order chi connectivity index (χ0) is 24.6. The number of pyridine rings is 1. The number of aliphatic hydroxyl groups is 1.